The fourth-order valence-corrected chi connectivity index (χ4v) is 1.98. The summed E-state index contributed by atoms with van der Waals surface area (Å²) in [4.78, 5) is 0. The molecule has 100 valence electrons. The Morgan fingerprint density at radius 2 is 1.85 bits per heavy atom. The predicted molar refractivity (Wildman–Crippen MR) is 81.6 cm³/mol. The molecule has 0 aliphatic heterocycles. The van der Waals surface area contributed by atoms with Crippen molar-refractivity contribution in [1.29, 1.82) is 0 Å². The van der Waals surface area contributed by atoms with Gasteiger partial charge in [0, 0.05) is 5.56 Å². The van der Waals surface area contributed by atoms with E-state index in [0.29, 0.717) is 0 Å². The summed E-state index contributed by atoms with van der Waals surface area (Å²) < 4.78 is 0. The highest BCUT2D eigenvalue weighted by Gasteiger charge is 1.99. The quantitative estimate of drug-likeness (QED) is 0.658. The highest BCUT2D eigenvalue weighted by atomic mass is 16.3. The molecule has 2 N–H and O–H groups in total. The van der Waals surface area contributed by atoms with E-state index < -0.39 is 0 Å². The van der Waals surface area contributed by atoms with Crippen LogP contribution in [0, 0.1) is 12.3 Å². The lowest BCUT2D eigenvalue weighted by atomic mass is 10.0. The Hall–Kier alpha value is -2.34. The first-order chi connectivity index (χ1) is 9.76. The van der Waals surface area contributed by atoms with E-state index in [2.05, 4.69) is 5.92 Å². The first-order valence-corrected chi connectivity index (χ1v) is 6.35. The number of terminal acetylenes is 1. The van der Waals surface area contributed by atoms with Crippen molar-refractivity contribution in [3.05, 3.63) is 70.3 Å². The highest BCUT2D eigenvalue weighted by molar-refractivity contribution is 5.71. The first-order valence-electron chi connectivity index (χ1n) is 6.35. The molecule has 0 bridgehead atoms. The van der Waals surface area contributed by atoms with Crippen LogP contribution in [0.1, 0.15) is 27.8 Å². The third-order valence-corrected chi connectivity index (χ3v) is 3.07. The van der Waals surface area contributed by atoms with Crippen LogP contribution < -0.4 is 0 Å². The zero-order chi connectivity index (χ0) is 14.4. The van der Waals surface area contributed by atoms with Gasteiger partial charge in [-0.15, -0.1) is 6.42 Å². The lowest BCUT2D eigenvalue weighted by Gasteiger charge is -2.04. The average molecular weight is 264 g/mol. The maximum absolute atomic E-state index is 9.38. The number of rotatable bonds is 4. The SMILES string of the molecule is C#Cc1ccc(/C=C/c2cccc(CO)c2)c(CO)c1. The van der Waals surface area contributed by atoms with E-state index in [4.69, 9.17) is 11.5 Å². The standard InChI is InChI=1S/C18H16O2/c1-2-14-6-8-17(18(11-14)13-20)9-7-15-4-3-5-16(10-15)12-19/h1,3-11,19-20H,12-13H2/b9-7+. The van der Waals surface area contributed by atoms with Crippen molar-refractivity contribution in [3.8, 4) is 12.3 Å². The van der Waals surface area contributed by atoms with Crippen molar-refractivity contribution in [3.63, 3.8) is 0 Å². The Morgan fingerprint density at radius 1 is 1.00 bits per heavy atom. The molecule has 0 unspecified atom stereocenters. The predicted octanol–water partition coefficient (Wildman–Crippen LogP) is 2.82. The van der Waals surface area contributed by atoms with Crippen LogP contribution in [0.25, 0.3) is 12.2 Å². The smallest absolute Gasteiger partial charge is 0.0688 e. The molecule has 0 radical (unpaired) electrons. The van der Waals surface area contributed by atoms with E-state index in [1.807, 2.05) is 54.6 Å². The monoisotopic (exact) mass is 264 g/mol. The van der Waals surface area contributed by atoms with Crippen molar-refractivity contribution < 1.29 is 10.2 Å². The molecule has 20 heavy (non-hydrogen) atoms. The number of aliphatic hydroxyl groups is 2. The van der Waals surface area contributed by atoms with E-state index in [-0.39, 0.29) is 13.2 Å². The van der Waals surface area contributed by atoms with Gasteiger partial charge in [-0.3, -0.25) is 0 Å². The first kappa shape index (κ1) is 14.1. The second kappa shape index (κ2) is 6.72. The average Bonchev–Trinajstić information content (AvgIpc) is 2.52. The van der Waals surface area contributed by atoms with Gasteiger partial charge in [-0.05, 0) is 40.5 Å². The summed E-state index contributed by atoms with van der Waals surface area (Å²) in [5, 5.41) is 18.5. The van der Waals surface area contributed by atoms with Crippen molar-refractivity contribution in [2.75, 3.05) is 0 Å². The minimum Gasteiger partial charge on any atom is -0.392 e. The van der Waals surface area contributed by atoms with Crippen LogP contribution in [0.15, 0.2) is 42.5 Å². The zero-order valence-electron chi connectivity index (χ0n) is 11.1. The Bertz CT molecular complexity index is 663. The lowest BCUT2D eigenvalue weighted by molar-refractivity contribution is 0.281. The molecule has 0 aliphatic rings. The maximum Gasteiger partial charge on any atom is 0.0688 e. The summed E-state index contributed by atoms with van der Waals surface area (Å²) in [6.07, 6.45) is 9.23. The molecule has 0 amide bonds. The Labute approximate surface area is 119 Å². The fourth-order valence-electron chi connectivity index (χ4n) is 1.98. The van der Waals surface area contributed by atoms with Gasteiger partial charge in [-0.25, -0.2) is 0 Å². The summed E-state index contributed by atoms with van der Waals surface area (Å²) in [5.41, 5.74) is 4.36. The van der Waals surface area contributed by atoms with E-state index >= 15 is 0 Å². The molecule has 0 aromatic heterocycles. The summed E-state index contributed by atoms with van der Waals surface area (Å²) >= 11 is 0. The molecule has 2 heteroatoms. The van der Waals surface area contributed by atoms with Crippen LogP contribution in [0.5, 0.6) is 0 Å². The summed E-state index contributed by atoms with van der Waals surface area (Å²) in [5.74, 6) is 2.55. The summed E-state index contributed by atoms with van der Waals surface area (Å²) in [6, 6.07) is 13.2. The molecule has 0 saturated heterocycles. The van der Waals surface area contributed by atoms with Crippen LogP contribution >= 0.6 is 0 Å². The van der Waals surface area contributed by atoms with Gasteiger partial charge in [0.1, 0.15) is 0 Å². The van der Waals surface area contributed by atoms with Gasteiger partial charge >= 0.3 is 0 Å². The number of aliphatic hydroxyl groups excluding tert-OH is 2. The molecule has 2 nitrogen and oxygen atoms in total. The summed E-state index contributed by atoms with van der Waals surface area (Å²) in [7, 11) is 0. The number of benzene rings is 2. The van der Waals surface area contributed by atoms with Crippen LogP contribution in [0.2, 0.25) is 0 Å². The maximum atomic E-state index is 9.38. The Kier molecular flexibility index (Phi) is 4.73. The lowest BCUT2D eigenvalue weighted by Crippen LogP contribution is -1.90. The van der Waals surface area contributed by atoms with Gasteiger partial charge in [0.2, 0.25) is 0 Å². The van der Waals surface area contributed by atoms with E-state index in [1.165, 1.54) is 0 Å². The van der Waals surface area contributed by atoms with E-state index in [1.54, 1.807) is 0 Å². The van der Waals surface area contributed by atoms with Gasteiger partial charge in [-0.2, -0.15) is 0 Å². The summed E-state index contributed by atoms with van der Waals surface area (Å²) in [6.45, 7) is -0.0215. The van der Waals surface area contributed by atoms with Crippen LogP contribution in [-0.4, -0.2) is 10.2 Å². The fraction of sp³-hybridized carbons (Fsp3) is 0.111. The molecule has 0 aliphatic carbocycles. The van der Waals surface area contributed by atoms with Crippen LogP contribution in [-0.2, 0) is 13.2 Å². The van der Waals surface area contributed by atoms with Gasteiger partial charge in [-0.1, -0.05) is 42.3 Å². The minimum atomic E-state index is -0.0497. The highest BCUT2D eigenvalue weighted by Crippen LogP contribution is 2.16. The minimum absolute atomic E-state index is 0.0282. The van der Waals surface area contributed by atoms with Gasteiger partial charge in [0.05, 0.1) is 13.2 Å². The van der Waals surface area contributed by atoms with Crippen molar-refractivity contribution in [2.45, 2.75) is 13.2 Å². The Balaban J connectivity index is 2.29. The normalized spacial score (nSPS) is 10.7. The van der Waals surface area contributed by atoms with Gasteiger partial charge in [0.25, 0.3) is 0 Å². The van der Waals surface area contributed by atoms with E-state index in [0.717, 1.165) is 27.8 Å². The molecular weight excluding hydrogens is 248 g/mol. The third-order valence-electron chi connectivity index (χ3n) is 3.07. The van der Waals surface area contributed by atoms with Gasteiger partial charge in [0.15, 0.2) is 0 Å². The largest absolute Gasteiger partial charge is 0.392 e. The number of hydrogen-bond donors (Lipinski definition) is 2. The molecule has 0 saturated carbocycles. The van der Waals surface area contributed by atoms with Crippen LogP contribution in [0.3, 0.4) is 0 Å². The molecule has 0 heterocycles. The molecule has 0 fully saturated rings. The third kappa shape index (κ3) is 3.36. The van der Waals surface area contributed by atoms with Crippen LogP contribution in [0.4, 0.5) is 0 Å². The van der Waals surface area contributed by atoms with Crippen molar-refractivity contribution in [1.82, 2.24) is 0 Å². The van der Waals surface area contributed by atoms with Crippen molar-refractivity contribution >= 4 is 12.2 Å². The van der Waals surface area contributed by atoms with Crippen molar-refractivity contribution in [2.24, 2.45) is 0 Å². The van der Waals surface area contributed by atoms with Gasteiger partial charge < -0.3 is 10.2 Å². The number of hydrogen-bond acceptors (Lipinski definition) is 2. The zero-order valence-corrected chi connectivity index (χ0v) is 11.1. The van der Waals surface area contributed by atoms with E-state index in [9.17, 15) is 5.11 Å². The molecule has 2 aromatic carbocycles. The molecule has 0 atom stereocenters. The molecule has 0 spiro atoms. The molecule has 2 aromatic rings. The Morgan fingerprint density at radius 3 is 2.55 bits per heavy atom. The topological polar surface area (TPSA) is 40.5 Å². The second-order valence-electron chi connectivity index (χ2n) is 4.45. The molecular formula is C18H16O2. The molecule has 2 rings (SSSR count). The second-order valence-corrected chi connectivity index (χ2v) is 4.45.